The van der Waals surface area contributed by atoms with Crippen LogP contribution in [0.3, 0.4) is 0 Å². The number of hydrogen-bond acceptors (Lipinski definition) is 5. The van der Waals surface area contributed by atoms with Crippen LogP contribution in [0.1, 0.15) is 21.7 Å². The molecule has 0 saturated carbocycles. The summed E-state index contributed by atoms with van der Waals surface area (Å²) in [5, 5.41) is 6.49. The third kappa shape index (κ3) is 2.72. The standard InChI is InChI=1S/C14H18N6O/c1-10-7-15-11(2)13(18-10)19-3-5-20(6-4-19)14(21)12-8-16-17-9-12/h7-9H,3-6H2,1-2H3,(H,16,17). The highest BCUT2D eigenvalue weighted by Gasteiger charge is 2.24. The Kier molecular flexibility index (Phi) is 3.55. The fraction of sp³-hybridized carbons (Fsp3) is 0.429. The zero-order valence-corrected chi connectivity index (χ0v) is 12.2. The molecule has 2 aromatic heterocycles. The summed E-state index contributed by atoms with van der Waals surface area (Å²) in [5.41, 5.74) is 2.44. The van der Waals surface area contributed by atoms with E-state index in [1.165, 1.54) is 0 Å². The van der Waals surface area contributed by atoms with E-state index in [1.807, 2.05) is 18.7 Å². The number of hydrogen-bond donors (Lipinski definition) is 1. The minimum atomic E-state index is 0.0236. The van der Waals surface area contributed by atoms with Crippen LogP contribution in [-0.2, 0) is 0 Å². The summed E-state index contributed by atoms with van der Waals surface area (Å²) in [4.78, 5) is 25.2. The maximum absolute atomic E-state index is 12.2. The molecule has 1 fully saturated rings. The van der Waals surface area contributed by atoms with Gasteiger partial charge >= 0.3 is 0 Å². The number of amides is 1. The Morgan fingerprint density at radius 1 is 1.19 bits per heavy atom. The summed E-state index contributed by atoms with van der Waals surface area (Å²) < 4.78 is 0. The first-order valence-electron chi connectivity index (χ1n) is 6.98. The molecule has 1 amide bonds. The molecule has 1 aliphatic rings. The lowest BCUT2D eigenvalue weighted by Gasteiger charge is -2.35. The fourth-order valence-corrected chi connectivity index (χ4v) is 2.50. The van der Waals surface area contributed by atoms with Crippen LogP contribution in [0.2, 0.25) is 0 Å². The first-order chi connectivity index (χ1) is 10.1. The van der Waals surface area contributed by atoms with Crippen molar-refractivity contribution in [3.8, 4) is 0 Å². The predicted octanol–water partition coefficient (Wildman–Crippen LogP) is 0.779. The largest absolute Gasteiger partial charge is 0.352 e. The molecule has 0 aromatic carbocycles. The molecule has 1 N–H and O–H groups in total. The smallest absolute Gasteiger partial charge is 0.257 e. The van der Waals surface area contributed by atoms with E-state index < -0.39 is 0 Å². The SMILES string of the molecule is Cc1cnc(C)c(N2CCN(C(=O)c3cn[nH]c3)CC2)n1. The molecule has 110 valence electrons. The number of piperazine rings is 1. The Morgan fingerprint density at radius 2 is 1.95 bits per heavy atom. The number of nitrogens with one attached hydrogen (secondary N) is 1. The van der Waals surface area contributed by atoms with Crippen LogP contribution in [0.25, 0.3) is 0 Å². The van der Waals surface area contributed by atoms with Crippen LogP contribution in [0.5, 0.6) is 0 Å². The van der Waals surface area contributed by atoms with Gasteiger partial charge in [0.1, 0.15) is 5.82 Å². The topological polar surface area (TPSA) is 78.0 Å². The molecule has 3 rings (SSSR count). The number of rotatable bonds is 2. The minimum absolute atomic E-state index is 0.0236. The lowest BCUT2D eigenvalue weighted by molar-refractivity contribution is 0.0746. The Morgan fingerprint density at radius 3 is 2.62 bits per heavy atom. The molecule has 1 saturated heterocycles. The van der Waals surface area contributed by atoms with Gasteiger partial charge in [-0.25, -0.2) is 4.98 Å². The highest BCUT2D eigenvalue weighted by atomic mass is 16.2. The van der Waals surface area contributed by atoms with Gasteiger partial charge in [-0.3, -0.25) is 14.9 Å². The number of carbonyl (C=O) groups excluding carboxylic acids is 1. The molecule has 21 heavy (non-hydrogen) atoms. The Hall–Kier alpha value is -2.44. The van der Waals surface area contributed by atoms with E-state index in [0.29, 0.717) is 18.7 Å². The summed E-state index contributed by atoms with van der Waals surface area (Å²) in [6.45, 7) is 6.79. The maximum Gasteiger partial charge on any atom is 0.257 e. The number of anilines is 1. The Bertz CT molecular complexity index is 631. The van der Waals surface area contributed by atoms with Gasteiger partial charge in [0.15, 0.2) is 0 Å². The van der Waals surface area contributed by atoms with Gasteiger partial charge in [-0.2, -0.15) is 5.10 Å². The van der Waals surface area contributed by atoms with Crippen molar-refractivity contribution in [1.29, 1.82) is 0 Å². The zero-order valence-electron chi connectivity index (χ0n) is 12.2. The molecular weight excluding hydrogens is 268 g/mol. The molecule has 0 atom stereocenters. The second-order valence-corrected chi connectivity index (χ2v) is 5.19. The van der Waals surface area contributed by atoms with Gasteiger partial charge in [-0.15, -0.1) is 0 Å². The molecule has 0 bridgehead atoms. The van der Waals surface area contributed by atoms with E-state index >= 15 is 0 Å². The van der Waals surface area contributed by atoms with Crippen molar-refractivity contribution in [1.82, 2.24) is 25.1 Å². The van der Waals surface area contributed by atoms with Gasteiger partial charge in [0.05, 0.1) is 23.1 Å². The second-order valence-electron chi connectivity index (χ2n) is 5.19. The fourth-order valence-electron chi connectivity index (χ4n) is 2.50. The molecule has 3 heterocycles. The highest BCUT2D eigenvalue weighted by Crippen LogP contribution is 2.18. The van der Waals surface area contributed by atoms with Crippen LogP contribution in [0.15, 0.2) is 18.6 Å². The van der Waals surface area contributed by atoms with Gasteiger partial charge in [0.25, 0.3) is 5.91 Å². The van der Waals surface area contributed by atoms with Crippen LogP contribution in [-0.4, -0.2) is 57.2 Å². The second kappa shape index (κ2) is 5.51. The van der Waals surface area contributed by atoms with Crippen LogP contribution < -0.4 is 4.90 Å². The molecule has 0 aliphatic carbocycles. The minimum Gasteiger partial charge on any atom is -0.352 e. The summed E-state index contributed by atoms with van der Waals surface area (Å²) in [7, 11) is 0. The van der Waals surface area contributed by atoms with Crippen molar-refractivity contribution in [2.45, 2.75) is 13.8 Å². The van der Waals surface area contributed by atoms with Crippen molar-refractivity contribution < 1.29 is 4.79 Å². The number of aryl methyl sites for hydroxylation is 2. The van der Waals surface area contributed by atoms with E-state index in [1.54, 1.807) is 18.6 Å². The monoisotopic (exact) mass is 286 g/mol. The molecule has 2 aromatic rings. The lowest BCUT2D eigenvalue weighted by Crippen LogP contribution is -2.49. The van der Waals surface area contributed by atoms with E-state index in [2.05, 4.69) is 25.1 Å². The third-order valence-corrected chi connectivity index (χ3v) is 3.66. The molecule has 7 heteroatoms. The van der Waals surface area contributed by atoms with Crippen molar-refractivity contribution >= 4 is 11.7 Å². The zero-order chi connectivity index (χ0) is 14.8. The van der Waals surface area contributed by atoms with Gasteiger partial charge < -0.3 is 9.80 Å². The predicted molar refractivity (Wildman–Crippen MR) is 78.2 cm³/mol. The van der Waals surface area contributed by atoms with Crippen LogP contribution >= 0.6 is 0 Å². The van der Waals surface area contributed by atoms with Crippen LogP contribution in [0.4, 0.5) is 5.82 Å². The molecule has 0 unspecified atom stereocenters. The van der Waals surface area contributed by atoms with Crippen molar-refractivity contribution in [3.63, 3.8) is 0 Å². The quantitative estimate of drug-likeness (QED) is 0.882. The summed E-state index contributed by atoms with van der Waals surface area (Å²) >= 11 is 0. The van der Waals surface area contributed by atoms with Gasteiger partial charge in [0.2, 0.25) is 0 Å². The molecular formula is C14H18N6O. The Labute approximate surface area is 123 Å². The first-order valence-corrected chi connectivity index (χ1v) is 6.98. The molecule has 1 aliphatic heterocycles. The number of aromatic nitrogens is 4. The first kappa shape index (κ1) is 13.5. The summed E-state index contributed by atoms with van der Waals surface area (Å²) in [6.07, 6.45) is 4.97. The number of aromatic amines is 1. The average Bonchev–Trinajstić information content (AvgIpc) is 3.03. The maximum atomic E-state index is 12.2. The van der Waals surface area contributed by atoms with Gasteiger partial charge in [-0.1, -0.05) is 0 Å². The summed E-state index contributed by atoms with van der Waals surface area (Å²) in [5.74, 6) is 0.945. The summed E-state index contributed by atoms with van der Waals surface area (Å²) in [6, 6.07) is 0. The molecule has 7 nitrogen and oxygen atoms in total. The third-order valence-electron chi connectivity index (χ3n) is 3.66. The number of H-pyrrole nitrogens is 1. The molecule has 0 spiro atoms. The van der Waals surface area contributed by atoms with E-state index in [9.17, 15) is 4.79 Å². The normalized spacial score (nSPS) is 15.3. The van der Waals surface area contributed by atoms with Crippen molar-refractivity contribution in [2.75, 3.05) is 31.1 Å². The van der Waals surface area contributed by atoms with E-state index in [0.717, 1.165) is 30.3 Å². The van der Waals surface area contributed by atoms with Crippen LogP contribution in [0, 0.1) is 13.8 Å². The molecule has 0 radical (unpaired) electrons. The number of carbonyl (C=O) groups is 1. The number of nitrogens with zero attached hydrogens (tertiary/aromatic N) is 5. The lowest BCUT2D eigenvalue weighted by atomic mass is 10.2. The highest BCUT2D eigenvalue weighted by molar-refractivity contribution is 5.93. The average molecular weight is 286 g/mol. The van der Waals surface area contributed by atoms with Gasteiger partial charge in [-0.05, 0) is 13.8 Å². The Balaban J connectivity index is 1.68. The van der Waals surface area contributed by atoms with E-state index in [4.69, 9.17) is 0 Å². The van der Waals surface area contributed by atoms with Crippen molar-refractivity contribution in [2.24, 2.45) is 0 Å². The van der Waals surface area contributed by atoms with Gasteiger partial charge in [0, 0.05) is 38.6 Å². The van der Waals surface area contributed by atoms with E-state index in [-0.39, 0.29) is 5.91 Å². The van der Waals surface area contributed by atoms with Crippen molar-refractivity contribution in [3.05, 3.63) is 35.5 Å².